The molecule has 0 bridgehead atoms. The summed E-state index contributed by atoms with van der Waals surface area (Å²) in [5.41, 5.74) is 0. The highest BCUT2D eigenvalue weighted by Crippen LogP contribution is 2.34. The molecule has 0 saturated heterocycles. The Kier molecular flexibility index (Phi) is 8.44. The number of hydrogen-bond donors (Lipinski definition) is 0. The number of rotatable bonds is 7. The van der Waals surface area contributed by atoms with E-state index < -0.39 is 5.83 Å². The molecule has 0 aromatic heterocycles. The van der Waals surface area contributed by atoms with E-state index in [0.717, 1.165) is 57.3 Å². The molecule has 0 unspecified atom stereocenters. The second-order valence-corrected chi connectivity index (χ2v) is 7.81. The summed E-state index contributed by atoms with van der Waals surface area (Å²) in [6, 6.07) is 1.53. The molecule has 0 heterocycles. The van der Waals surface area contributed by atoms with Gasteiger partial charge in [0.2, 0.25) is 0 Å². The molecule has 0 radical (unpaired) electrons. The molecule has 0 amide bonds. The van der Waals surface area contributed by atoms with Gasteiger partial charge in [0, 0.05) is 0 Å². The second-order valence-electron chi connectivity index (χ2n) is 7.81. The number of hydrogen-bond acceptors (Lipinski definition) is 3. The summed E-state index contributed by atoms with van der Waals surface area (Å²) in [5.74, 6) is 0.266. The first-order valence-electron chi connectivity index (χ1n) is 10.1. The number of allylic oxidation sites excluding steroid dienone is 2. The summed E-state index contributed by atoms with van der Waals surface area (Å²) in [7, 11) is 0. The van der Waals surface area contributed by atoms with Gasteiger partial charge in [-0.15, -0.1) is 0 Å². The molecule has 0 atom stereocenters. The number of unbranched alkanes of at least 4 members (excludes halogenated alkanes) is 2. The fourth-order valence-electron chi connectivity index (χ4n) is 4.25. The van der Waals surface area contributed by atoms with E-state index in [1.165, 1.54) is 37.8 Å². The van der Waals surface area contributed by atoms with Crippen LogP contribution in [0.15, 0.2) is 11.9 Å². The largest absolute Gasteiger partial charge is 0.462 e. The van der Waals surface area contributed by atoms with Gasteiger partial charge in [0.05, 0.1) is 5.92 Å². The molecule has 3 nitrogen and oxygen atoms in total. The number of nitrogens with zero attached hydrogens (tertiary/aromatic N) is 1. The molecule has 0 aromatic carbocycles. The van der Waals surface area contributed by atoms with Crippen LogP contribution in [0.3, 0.4) is 0 Å². The first kappa shape index (κ1) is 19.9. The number of nitriles is 1. The zero-order valence-electron chi connectivity index (χ0n) is 15.5. The van der Waals surface area contributed by atoms with E-state index in [1.54, 1.807) is 0 Å². The molecule has 0 spiro atoms. The fraction of sp³-hybridized carbons (Fsp3) is 0.810. The van der Waals surface area contributed by atoms with Crippen LogP contribution >= 0.6 is 0 Å². The Labute approximate surface area is 151 Å². The molecule has 25 heavy (non-hydrogen) atoms. The maximum atomic E-state index is 13.0. The van der Waals surface area contributed by atoms with Crippen molar-refractivity contribution in [2.75, 3.05) is 0 Å². The van der Waals surface area contributed by atoms with Crippen LogP contribution in [-0.2, 0) is 9.53 Å². The molecular weight excluding hydrogens is 317 g/mol. The second kappa shape index (κ2) is 10.6. The maximum Gasteiger partial charge on any atom is 0.309 e. The van der Waals surface area contributed by atoms with E-state index >= 15 is 0 Å². The van der Waals surface area contributed by atoms with Gasteiger partial charge in [0.15, 0.2) is 5.83 Å². The molecule has 0 N–H and O–H groups in total. The number of esters is 1. The van der Waals surface area contributed by atoms with Crippen molar-refractivity contribution in [2.45, 2.75) is 90.1 Å². The van der Waals surface area contributed by atoms with Crippen molar-refractivity contribution >= 4 is 5.97 Å². The van der Waals surface area contributed by atoms with E-state index in [0.29, 0.717) is 0 Å². The minimum Gasteiger partial charge on any atom is -0.462 e. The number of carbonyl (C=O) groups is 1. The molecule has 4 heteroatoms. The van der Waals surface area contributed by atoms with Crippen molar-refractivity contribution in [1.82, 2.24) is 0 Å². The van der Waals surface area contributed by atoms with E-state index in [4.69, 9.17) is 10.00 Å². The Morgan fingerprint density at radius 2 is 1.80 bits per heavy atom. The van der Waals surface area contributed by atoms with Gasteiger partial charge < -0.3 is 4.74 Å². The predicted octanol–water partition coefficient (Wildman–Crippen LogP) is 5.85. The molecule has 2 saturated carbocycles. The van der Waals surface area contributed by atoms with Gasteiger partial charge in [-0.1, -0.05) is 32.6 Å². The van der Waals surface area contributed by atoms with Crippen LogP contribution in [0.1, 0.15) is 84.0 Å². The average molecular weight is 349 g/mol. The lowest BCUT2D eigenvalue weighted by Crippen LogP contribution is -2.30. The van der Waals surface area contributed by atoms with Crippen LogP contribution in [0, 0.1) is 29.1 Å². The molecule has 0 aromatic rings. The van der Waals surface area contributed by atoms with Gasteiger partial charge in [-0.3, -0.25) is 4.79 Å². The van der Waals surface area contributed by atoms with Gasteiger partial charge >= 0.3 is 5.97 Å². The zero-order valence-corrected chi connectivity index (χ0v) is 15.5. The molecule has 0 aliphatic heterocycles. The summed E-state index contributed by atoms with van der Waals surface area (Å²) in [4.78, 5) is 12.4. The minimum absolute atomic E-state index is 0.0193. The van der Waals surface area contributed by atoms with E-state index in [9.17, 15) is 9.18 Å². The highest BCUT2D eigenvalue weighted by molar-refractivity contribution is 5.72. The third-order valence-electron chi connectivity index (χ3n) is 5.89. The monoisotopic (exact) mass is 349 g/mol. The fourth-order valence-corrected chi connectivity index (χ4v) is 4.25. The van der Waals surface area contributed by atoms with Crippen molar-refractivity contribution < 1.29 is 13.9 Å². The van der Waals surface area contributed by atoms with Crippen LogP contribution in [-0.4, -0.2) is 12.1 Å². The average Bonchev–Trinajstić information content (AvgIpc) is 2.64. The van der Waals surface area contributed by atoms with Crippen molar-refractivity contribution in [3.63, 3.8) is 0 Å². The molecule has 2 aliphatic carbocycles. The molecule has 140 valence electrons. The van der Waals surface area contributed by atoms with Crippen LogP contribution in [0.25, 0.3) is 0 Å². The van der Waals surface area contributed by atoms with Crippen molar-refractivity contribution in [1.29, 1.82) is 5.26 Å². The van der Waals surface area contributed by atoms with Crippen LogP contribution < -0.4 is 0 Å². The Bertz CT molecular complexity index is 481. The predicted molar refractivity (Wildman–Crippen MR) is 96.2 cm³/mol. The van der Waals surface area contributed by atoms with Crippen molar-refractivity contribution in [3.8, 4) is 6.07 Å². The Hall–Kier alpha value is -1.37. The van der Waals surface area contributed by atoms with E-state index in [-0.39, 0.29) is 23.9 Å². The molecule has 2 rings (SSSR count). The lowest BCUT2D eigenvalue weighted by molar-refractivity contribution is -0.157. The minimum atomic E-state index is -0.698. The Balaban J connectivity index is 1.66. The lowest BCUT2D eigenvalue weighted by Gasteiger charge is -2.31. The summed E-state index contributed by atoms with van der Waals surface area (Å²) >= 11 is 0. The summed E-state index contributed by atoms with van der Waals surface area (Å²) in [5, 5.41) is 8.50. The molecule has 2 aliphatic rings. The first-order chi connectivity index (χ1) is 12.1. The highest BCUT2D eigenvalue weighted by atomic mass is 19.1. The van der Waals surface area contributed by atoms with Crippen molar-refractivity contribution in [2.24, 2.45) is 17.8 Å². The van der Waals surface area contributed by atoms with Gasteiger partial charge in [0.25, 0.3) is 0 Å². The normalized spacial score (nSPS) is 30.5. The third kappa shape index (κ3) is 6.80. The van der Waals surface area contributed by atoms with Gasteiger partial charge in [0.1, 0.15) is 12.2 Å². The number of ether oxygens (including phenoxy) is 1. The SMILES string of the molecule is CCCCC[C@H]1CC[C@H](C(=O)O[C@H]2CC[C@H](C=C(F)C#N)CC2)CC1. The number of carbonyl (C=O) groups excluding carboxylic acids is 1. The Morgan fingerprint density at radius 3 is 2.40 bits per heavy atom. The van der Waals surface area contributed by atoms with Gasteiger partial charge in [-0.2, -0.15) is 9.65 Å². The zero-order chi connectivity index (χ0) is 18.1. The van der Waals surface area contributed by atoms with Gasteiger partial charge in [-0.05, 0) is 69.3 Å². The maximum absolute atomic E-state index is 13.0. The van der Waals surface area contributed by atoms with Crippen LogP contribution in [0.4, 0.5) is 4.39 Å². The van der Waals surface area contributed by atoms with E-state index in [1.807, 2.05) is 0 Å². The van der Waals surface area contributed by atoms with Crippen LogP contribution in [0.2, 0.25) is 0 Å². The summed E-state index contributed by atoms with van der Waals surface area (Å²) < 4.78 is 18.7. The lowest BCUT2D eigenvalue weighted by atomic mass is 9.79. The molecular formula is C21H32FNO2. The Morgan fingerprint density at radius 1 is 1.12 bits per heavy atom. The summed E-state index contributed by atoms with van der Waals surface area (Å²) in [6.07, 6.45) is 14.0. The summed E-state index contributed by atoms with van der Waals surface area (Å²) in [6.45, 7) is 2.23. The van der Waals surface area contributed by atoms with Gasteiger partial charge in [-0.25, -0.2) is 0 Å². The number of halogens is 1. The smallest absolute Gasteiger partial charge is 0.309 e. The standard InChI is InChI=1S/C21H32FNO2/c1-2-3-4-5-16-6-10-18(11-7-16)21(24)25-20-12-8-17(9-13-20)14-19(22)15-23/h14,16-18,20H,2-13H2,1H3/t16-,17-,18-,20-. The first-order valence-corrected chi connectivity index (χ1v) is 10.1. The van der Waals surface area contributed by atoms with Crippen LogP contribution in [0.5, 0.6) is 0 Å². The topological polar surface area (TPSA) is 50.1 Å². The quantitative estimate of drug-likeness (QED) is 0.329. The van der Waals surface area contributed by atoms with Crippen molar-refractivity contribution in [3.05, 3.63) is 11.9 Å². The highest BCUT2D eigenvalue weighted by Gasteiger charge is 2.30. The van der Waals surface area contributed by atoms with E-state index in [2.05, 4.69) is 6.92 Å². The molecule has 2 fully saturated rings. The third-order valence-corrected chi connectivity index (χ3v) is 5.89.